The lowest BCUT2D eigenvalue weighted by Crippen LogP contribution is -2.39. The van der Waals surface area contributed by atoms with Crippen LogP contribution in [-0.2, 0) is 4.74 Å². The van der Waals surface area contributed by atoms with Gasteiger partial charge in [-0.05, 0) is 24.8 Å². The summed E-state index contributed by atoms with van der Waals surface area (Å²) in [5, 5.41) is 10.7. The zero-order valence-electron chi connectivity index (χ0n) is 21.6. The van der Waals surface area contributed by atoms with Gasteiger partial charge in [-0.1, -0.05) is 51.4 Å². The first-order chi connectivity index (χ1) is 18.1. The molecule has 202 valence electrons. The van der Waals surface area contributed by atoms with E-state index >= 15 is 4.39 Å². The second-order valence-corrected chi connectivity index (χ2v) is 10.6. The van der Waals surface area contributed by atoms with Crippen molar-refractivity contribution in [3.05, 3.63) is 24.0 Å². The lowest BCUT2D eigenvalue weighted by molar-refractivity contribution is 0.102. The van der Waals surface area contributed by atoms with E-state index in [-0.39, 0.29) is 29.8 Å². The van der Waals surface area contributed by atoms with Gasteiger partial charge in [-0.25, -0.2) is 9.07 Å². The molecule has 1 saturated heterocycles. The van der Waals surface area contributed by atoms with Gasteiger partial charge in [-0.2, -0.15) is 5.10 Å². The smallest absolute Gasteiger partial charge is 0.263 e. The molecular weight excluding hydrogens is 473 g/mol. The van der Waals surface area contributed by atoms with E-state index in [0.29, 0.717) is 24.7 Å². The molecule has 2 aromatic rings. The number of alkyl halides is 1. The van der Waals surface area contributed by atoms with Crippen LogP contribution in [0.1, 0.15) is 80.6 Å². The Morgan fingerprint density at radius 2 is 1.76 bits per heavy atom. The number of pyridine rings is 1. The van der Waals surface area contributed by atoms with Crippen molar-refractivity contribution < 1.29 is 13.9 Å². The van der Waals surface area contributed by atoms with Crippen LogP contribution in [0.3, 0.4) is 0 Å². The molecule has 2 atom stereocenters. The number of halogens is 1. The van der Waals surface area contributed by atoms with Gasteiger partial charge in [0.25, 0.3) is 5.91 Å². The normalized spacial score (nSPS) is 24.0. The number of fused-ring (bicyclic) bond motifs is 1. The van der Waals surface area contributed by atoms with E-state index in [1.54, 1.807) is 17.1 Å². The Labute approximate surface area is 218 Å². The molecule has 2 aliphatic heterocycles. The topological polar surface area (TPSA) is 110 Å². The number of morpholine rings is 1. The summed E-state index contributed by atoms with van der Waals surface area (Å²) in [6.07, 6.45) is 13.9. The molecule has 0 spiro atoms. The molecule has 4 heterocycles. The summed E-state index contributed by atoms with van der Waals surface area (Å²) >= 11 is 0. The zero-order valence-corrected chi connectivity index (χ0v) is 21.6. The number of nitrogens with two attached hydrogens (primary N) is 1. The number of hydrogen-bond acceptors (Lipinski definition) is 7. The zero-order chi connectivity index (χ0) is 25.6. The molecular formula is C27H40FN7O2. The van der Waals surface area contributed by atoms with Gasteiger partial charge in [0.05, 0.1) is 36.8 Å². The third-order valence-corrected chi connectivity index (χ3v) is 8.06. The predicted octanol–water partition coefficient (Wildman–Crippen LogP) is 4.78. The maximum Gasteiger partial charge on any atom is 0.263 e. The van der Waals surface area contributed by atoms with Gasteiger partial charge in [0, 0.05) is 25.8 Å². The number of nitrogen functional groups attached to an aromatic ring is 1. The summed E-state index contributed by atoms with van der Waals surface area (Å²) in [6, 6.07) is 1.48. The Morgan fingerprint density at radius 3 is 2.46 bits per heavy atom. The van der Waals surface area contributed by atoms with E-state index in [0.717, 1.165) is 44.5 Å². The number of carbonyl (C=O) groups is 1. The third-order valence-electron chi connectivity index (χ3n) is 8.06. The molecule has 2 fully saturated rings. The number of carbonyl (C=O) groups excluding carboxylic acids is 1. The number of aromatic nitrogens is 3. The Morgan fingerprint density at radius 1 is 1.08 bits per heavy atom. The van der Waals surface area contributed by atoms with Gasteiger partial charge in [-0.3, -0.25) is 9.78 Å². The summed E-state index contributed by atoms with van der Waals surface area (Å²) in [5.74, 6) is 0.440. The molecule has 9 nitrogen and oxygen atoms in total. The van der Waals surface area contributed by atoms with E-state index in [1.165, 1.54) is 38.5 Å². The average Bonchev–Trinajstić information content (AvgIpc) is 3.21. The highest BCUT2D eigenvalue weighted by atomic mass is 19.1. The van der Waals surface area contributed by atoms with E-state index in [1.807, 2.05) is 6.07 Å². The van der Waals surface area contributed by atoms with Gasteiger partial charge < -0.3 is 26.0 Å². The minimum Gasteiger partial charge on any atom is -0.381 e. The monoisotopic (exact) mass is 513 g/mol. The molecule has 2 aromatic heterocycles. The largest absolute Gasteiger partial charge is 0.381 e. The van der Waals surface area contributed by atoms with Gasteiger partial charge in [0.15, 0.2) is 5.82 Å². The second-order valence-electron chi connectivity index (χ2n) is 10.6. The molecule has 4 N–H and O–H groups in total. The molecule has 1 aliphatic carbocycles. The van der Waals surface area contributed by atoms with Crippen LogP contribution in [0, 0.1) is 5.92 Å². The summed E-state index contributed by atoms with van der Waals surface area (Å²) in [5.41, 5.74) is 8.08. The number of amides is 1. The molecule has 37 heavy (non-hydrogen) atoms. The number of hydrogen-bond donors (Lipinski definition) is 3. The van der Waals surface area contributed by atoms with Crippen LogP contribution in [0.15, 0.2) is 18.5 Å². The van der Waals surface area contributed by atoms with Gasteiger partial charge >= 0.3 is 0 Å². The molecule has 1 amide bonds. The van der Waals surface area contributed by atoms with Crippen LogP contribution in [0.4, 0.5) is 27.4 Å². The molecule has 10 heteroatoms. The van der Waals surface area contributed by atoms with Crippen LogP contribution in [0.25, 0.3) is 0 Å². The Hall–Kier alpha value is -2.88. The second kappa shape index (κ2) is 12.1. The summed E-state index contributed by atoms with van der Waals surface area (Å²) < 4.78 is 22.6. The van der Waals surface area contributed by atoms with E-state index in [2.05, 4.69) is 25.6 Å². The van der Waals surface area contributed by atoms with E-state index in [4.69, 9.17) is 10.5 Å². The highest BCUT2D eigenvalue weighted by molar-refractivity contribution is 6.12. The highest BCUT2D eigenvalue weighted by Gasteiger charge is 2.39. The van der Waals surface area contributed by atoms with Crippen molar-refractivity contribution in [2.75, 3.05) is 54.1 Å². The minimum absolute atomic E-state index is 0.118. The predicted molar refractivity (Wildman–Crippen MR) is 144 cm³/mol. The first kappa shape index (κ1) is 25.8. The number of ether oxygens (including phenoxy) is 1. The lowest BCUT2D eigenvalue weighted by atomic mass is 9.85. The molecule has 0 radical (unpaired) electrons. The minimum atomic E-state index is -1.08. The fraction of sp³-hybridized carbons (Fsp3) is 0.667. The Kier molecular flexibility index (Phi) is 8.43. The molecule has 5 rings (SSSR count). The van der Waals surface area contributed by atoms with Crippen molar-refractivity contribution in [1.82, 2.24) is 14.8 Å². The number of anilines is 4. The number of rotatable bonds is 4. The molecule has 0 bridgehead atoms. The van der Waals surface area contributed by atoms with Crippen molar-refractivity contribution in [1.29, 1.82) is 0 Å². The van der Waals surface area contributed by atoms with Crippen LogP contribution < -0.4 is 21.3 Å². The van der Waals surface area contributed by atoms with Crippen LogP contribution in [0.5, 0.6) is 0 Å². The molecule has 2 unspecified atom stereocenters. The maximum atomic E-state index is 15.5. The Bertz CT molecular complexity index is 1040. The average molecular weight is 514 g/mol. The van der Waals surface area contributed by atoms with Crippen molar-refractivity contribution in [3.8, 4) is 0 Å². The fourth-order valence-electron chi connectivity index (χ4n) is 6.13. The SMILES string of the molecule is Nc1nn2c(c1C(=O)Nc1cnccc1N1CCOCC1)NCC(F)C2C1CCCCCCCCCC1. The number of nitrogens with one attached hydrogen (secondary N) is 2. The standard InChI is InChI=1S/C27H40FN7O2/c28-20-17-31-26-23(27(36)32-21-18-30-12-11-22(21)34-13-15-37-16-14-34)25(29)33-35(26)24(20)19-9-7-5-3-1-2-4-6-8-10-19/h11-12,18-20,24,31H,1-10,13-17H2,(H2,29,33)(H,32,36). The van der Waals surface area contributed by atoms with Crippen LogP contribution >= 0.6 is 0 Å². The quantitative estimate of drug-likeness (QED) is 0.539. The van der Waals surface area contributed by atoms with Crippen molar-refractivity contribution in [3.63, 3.8) is 0 Å². The molecule has 3 aliphatic rings. The van der Waals surface area contributed by atoms with Crippen molar-refractivity contribution >= 4 is 28.9 Å². The van der Waals surface area contributed by atoms with E-state index in [9.17, 15) is 4.79 Å². The highest BCUT2D eigenvalue weighted by Crippen LogP contribution is 2.40. The maximum absolute atomic E-state index is 15.5. The molecule has 0 aromatic carbocycles. The van der Waals surface area contributed by atoms with E-state index < -0.39 is 12.2 Å². The first-order valence-electron chi connectivity index (χ1n) is 14.0. The van der Waals surface area contributed by atoms with Crippen molar-refractivity contribution in [2.45, 2.75) is 76.4 Å². The van der Waals surface area contributed by atoms with Gasteiger partial charge in [-0.15, -0.1) is 0 Å². The summed E-state index contributed by atoms with van der Waals surface area (Å²) in [7, 11) is 0. The summed E-state index contributed by atoms with van der Waals surface area (Å²) in [6.45, 7) is 2.90. The van der Waals surface area contributed by atoms with Gasteiger partial charge in [0.1, 0.15) is 17.6 Å². The van der Waals surface area contributed by atoms with Crippen LogP contribution in [0.2, 0.25) is 0 Å². The number of nitrogens with zero attached hydrogens (tertiary/aromatic N) is 4. The summed E-state index contributed by atoms with van der Waals surface area (Å²) in [4.78, 5) is 19.9. The van der Waals surface area contributed by atoms with Gasteiger partial charge in [0.2, 0.25) is 0 Å². The third kappa shape index (κ3) is 5.84. The molecule has 1 saturated carbocycles. The first-order valence-corrected chi connectivity index (χ1v) is 14.0. The Balaban J connectivity index is 1.39. The fourth-order valence-corrected chi connectivity index (χ4v) is 6.13. The lowest BCUT2D eigenvalue weighted by Gasteiger charge is -2.35. The van der Waals surface area contributed by atoms with Crippen molar-refractivity contribution in [2.24, 2.45) is 5.92 Å². The van der Waals surface area contributed by atoms with Crippen LogP contribution in [-0.4, -0.2) is 59.7 Å².